The number of esters is 1. The Kier molecular flexibility index (Phi) is 5.45. The number of carbonyl (C=O) groups is 1. The van der Waals surface area contributed by atoms with E-state index >= 15 is 0 Å². The number of rotatable bonds is 4. The maximum atomic E-state index is 13.6. The number of fused-ring (bicyclic) bond motifs is 1. The summed E-state index contributed by atoms with van der Waals surface area (Å²) < 4.78 is 22.5. The summed E-state index contributed by atoms with van der Waals surface area (Å²) in [5.41, 5.74) is 2.81. The van der Waals surface area contributed by atoms with E-state index in [0.717, 1.165) is 11.3 Å². The third kappa shape index (κ3) is 3.65. The van der Waals surface area contributed by atoms with Crippen molar-refractivity contribution in [3.63, 3.8) is 0 Å². The number of allylic oxidation sites excluding steroid dienone is 1. The molecule has 3 heterocycles. The zero-order valence-electron chi connectivity index (χ0n) is 17.5. The van der Waals surface area contributed by atoms with Crippen LogP contribution in [0.1, 0.15) is 36.7 Å². The molecule has 31 heavy (non-hydrogen) atoms. The molecule has 160 valence electrons. The van der Waals surface area contributed by atoms with Crippen molar-refractivity contribution in [1.82, 2.24) is 14.3 Å². The lowest BCUT2D eigenvalue weighted by Crippen LogP contribution is -2.39. The molecule has 0 saturated carbocycles. The molecule has 0 radical (unpaired) electrons. The van der Waals surface area contributed by atoms with Crippen LogP contribution in [-0.4, -0.2) is 26.9 Å². The van der Waals surface area contributed by atoms with Gasteiger partial charge in [-0.3, -0.25) is 14.0 Å². The molecule has 0 aliphatic carbocycles. The molecular formula is C22H21FN4O3S. The van der Waals surface area contributed by atoms with E-state index in [1.165, 1.54) is 28.0 Å². The first-order valence-electron chi connectivity index (χ1n) is 9.75. The SMILES string of the molecule is CCOC(=O)C1=C(C)N=c2sc(=Cc3cnn(C)c3C)c(=O)n2[C@@H]1c1ccc(F)cc1. The van der Waals surface area contributed by atoms with Gasteiger partial charge in [-0.05, 0) is 44.5 Å². The molecule has 4 rings (SSSR count). The first-order valence-corrected chi connectivity index (χ1v) is 10.6. The average Bonchev–Trinajstić information content (AvgIpc) is 3.21. The summed E-state index contributed by atoms with van der Waals surface area (Å²) in [4.78, 5) is 31.2. The van der Waals surface area contributed by atoms with E-state index in [1.807, 2.05) is 14.0 Å². The lowest BCUT2D eigenvalue weighted by Gasteiger charge is -2.24. The number of hydrogen-bond donors (Lipinski definition) is 0. The Bertz CT molecular complexity index is 1380. The fourth-order valence-corrected chi connectivity index (χ4v) is 4.59. The summed E-state index contributed by atoms with van der Waals surface area (Å²) in [5.74, 6) is -0.947. The molecule has 0 spiro atoms. The van der Waals surface area contributed by atoms with Gasteiger partial charge in [0.2, 0.25) is 0 Å². The summed E-state index contributed by atoms with van der Waals surface area (Å²) in [7, 11) is 1.83. The maximum absolute atomic E-state index is 13.6. The average molecular weight is 441 g/mol. The van der Waals surface area contributed by atoms with Crippen molar-refractivity contribution in [2.45, 2.75) is 26.8 Å². The molecule has 1 aromatic carbocycles. The van der Waals surface area contributed by atoms with Crippen LogP contribution in [0.3, 0.4) is 0 Å². The lowest BCUT2D eigenvalue weighted by molar-refractivity contribution is -0.139. The minimum absolute atomic E-state index is 0.191. The number of aromatic nitrogens is 3. The number of hydrogen-bond acceptors (Lipinski definition) is 6. The normalized spacial score (nSPS) is 16.3. The van der Waals surface area contributed by atoms with Gasteiger partial charge in [-0.15, -0.1) is 0 Å². The van der Waals surface area contributed by atoms with Crippen molar-refractivity contribution >= 4 is 23.4 Å². The van der Waals surface area contributed by atoms with Gasteiger partial charge in [0.15, 0.2) is 4.80 Å². The van der Waals surface area contributed by atoms with Gasteiger partial charge in [0.1, 0.15) is 5.82 Å². The topological polar surface area (TPSA) is 78.5 Å². The summed E-state index contributed by atoms with van der Waals surface area (Å²) in [6.45, 7) is 5.54. The molecule has 0 N–H and O–H groups in total. The Morgan fingerprint density at radius 2 is 2.00 bits per heavy atom. The first-order chi connectivity index (χ1) is 14.8. The number of halogens is 1. The Hall–Kier alpha value is -3.33. The number of nitrogens with zero attached hydrogens (tertiary/aromatic N) is 4. The molecule has 1 aliphatic rings. The molecule has 3 aromatic rings. The molecule has 7 nitrogen and oxygen atoms in total. The van der Waals surface area contributed by atoms with Crippen LogP contribution in [0.4, 0.5) is 4.39 Å². The number of ether oxygens (including phenoxy) is 1. The lowest BCUT2D eigenvalue weighted by atomic mass is 9.96. The van der Waals surface area contributed by atoms with E-state index in [1.54, 1.807) is 42.9 Å². The van der Waals surface area contributed by atoms with Crippen LogP contribution >= 0.6 is 11.3 Å². The van der Waals surface area contributed by atoms with Gasteiger partial charge in [-0.25, -0.2) is 14.2 Å². The van der Waals surface area contributed by atoms with Crippen LogP contribution in [0.25, 0.3) is 6.08 Å². The van der Waals surface area contributed by atoms with Crippen molar-refractivity contribution < 1.29 is 13.9 Å². The highest BCUT2D eigenvalue weighted by atomic mass is 32.1. The van der Waals surface area contributed by atoms with Crippen molar-refractivity contribution in [1.29, 1.82) is 0 Å². The van der Waals surface area contributed by atoms with Gasteiger partial charge in [0, 0.05) is 18.3 Å². The second kappa shape index (κ2) is 8.07. The van der Waals surface area contributed by atoms with Gasteiger partial charge in [-0.1, -0.05) is 23.5 Å². The second-order valence-electron chi connectivity index (χ2n) is 7.16. The van der Waals surface area contributed by atoms with Crippen LogP contribution in [0, 0.1) is 12.7 Å². The predicted molar refractivity (Wildman–Crippen MR) is 115 cm³/mol. The Balaban J connectivity index is 1.97. The minimum atomic E-state index is -0.756. The van der Waals surface area contributed by atoms with Gasteiger partial charge < -0.3 is 4.74 Å². The molecular weight excluding hydrogens is 419 g/mol. The van der Waals surface area contributed by atoms with Crippen LogP contribution in [0.5, 0.6) is 0 Å². The van der Waals surface area contributed by atoms with E-state index in [2.05, 4.69) is 10.1 Å². The summed E-state index contributed by atoms with van der Waals surface area (Å²) in [6, 6.07) is 5.00. The Morgan fingerprint density at radius 3 is 2.61 bits per heavy atom. The minimum Gasteiger partial charge on any atom is -0.463 e. The first kappa shape index (κ1) is 20.9. The van der Waals surface area contributed by atoms with Gasteiger partial charge in [0.05, 0.1) is 34.6 Å². The molecule has 0 amide bonds. The highest BCUT2D eigenvalue weighted by Crippen LogP contribution is 2.30. The van der Waals surface area contributed by atoms with E-state index in [9.17, 15) is 14.0 Å². The van der Waals surface area contributed by atoms with E-state index in [-0.39, 0.29) is 17.7 Å². The van der Waals surface area contributed by atoms with Crippen LogP contribution < -0.4 is 14.9 Å². The summed E-state index contributed by atoms with van der Waals surface area (Å²) in [6.07, 6.45) is 3.47. The molecule has 2 aromatic heterocycles. The van der Waals surface area contributed by atoms with Gasteiger partial charge in [0.25, 0.3) is 5.56 Å². The molecule has 0 unspecified atom stereocenters. The Morgan fingerprint density at radius 1 is 1.29 bits per heavy atom. The predicted octanol–water partition coefficient (Wildman–Crippen LogP) is 1.98. The zero-order valence-corrected chi connectivity index (χ0v) is 18.4. The maximum Gasteiger partial charge on any atom is 0.338 e. The highest BCUT2D eigenvalue weighted by Gasteiger charge is 2.33. The monoisotopic (exact) mass is 440 g/mol. The third-order valence-electron chi connectivity index (χ3n) is 5.26. The zero-order chi connectivity index (χ0) is 22.3. The molecule has 0 fully saturated rings. The molecule has 0 bridgehead atoms. The molecule has 0 saturated heterocycles. The number of carbonyl (C=O) groups excluding carboxylic acids is 1. The van der Waals surface area contributed by atoms with E-state index < -0.39 is 17.8 Å². The fourth-order valence-electron chi connectivity index (χ4n) is 3.55. The summed E-state index contributed by atoms with van der Waals surface area (Å²) >= 11 is 1.24. The van der Waals surface area contributed by atoms with E-state index in [0.29, 0.717) is 20.6 Å². The van der Waals surface area contributed by atoms with Gasteiger partial charge in [-0.2, -0.15) is 5.10 Å². The number of aryl methyl sites for hydroxylation is 1. The van der Waals surface area contributed by atoms with Crippen molar-refractivity contribution in [2.24, 2.45) is 12.0 Å². The summed E-state index contributed by atoms with van der Waals surface area (Å²) in [5, 5.41) is 4.22. The van der Waals surface area contributed by atoms with Crippen LogP contribution in [-0.2, 0) is 16.6 Å². The third-order valence-corrected chi connectivity index (χ3v) is 6.25. The van der Waals surface area contributed by atoms with Crippen molar-refractivity contribution in [3.05, 3.63) is 84.1 Å². The number of benzene rings is 1. The van der Waals surface area contributed by atoms with Crippen LogP contribution in [0.2, 0.25) is 0 Å². The van der Waals surface area contributed by atoms with Crippen molar-refractivity contribution in [3.8, 4) is 0 Å². The standard InChI is InChI=1S/C22H21FN4O3S/c1-5-30-21(29)18-12(2)25-22-27(19(18)14-6-8-16(23)9-7-14)20(28)17(31-22)10-15-11-24-26(4)13(15)3/h6-11,19H,5H2,1-4H3/t19-/m1/s1. The second-order valence-corrected chi connectivity index (χ2v) is 8.17. The molecule has 1 atom stereocenters. The molecule has 9 heteroatoms. The Labute approximate surface area is 181 Å². The quantitative estimate of drug-likeness (QED) is 0.582. The highest BCUT2D eigenvalue weighted by molar-refractivity contribution is 7.07. The van der Waals surface area contributed by atoms with Gasteiger partial charge >= 0.3 is 5.97 Å². The van der Waals surface area contributed by atoms with E-state index in [4.69, 9.17) is 4.74 Å². The van der Waals surface area contributed by atoms with Crippen molar-refractivity contribution in [2.75, 3.05) is 6.61 Å². The largest absolute Gasteiger partial charge is 0.463 e. The number of thiazole rings is 1. The fraction of sp³-hybridized carbons (Fsp3) is 0.273. The van der Waals surface area contributed by atoms with Crippen LogP contribution in [0.15, 0.2) is 51.5 Å². The smallest absolute Gasteiger partial charge is 0.338 e. The molecule has 1 aliphatic heterocycles.